The van der Waals surface area contributed by atoms with Crippen LogP contribution in [-0.4, -0.2) is 50.2 Å². The molecule has 0 fully saturated rings. The number of hydrogen-bond acceptors (Lipinski definition) is 5. The number of para-hydroxylation sites is 1. The van der Waals surface area contributed by atoms with Crippen molar-refractivity contribution in [2.24, 2.45) is 0 Å². The number of aromatic nitrogens is 1. The second-order valence-corrected chi connectivity index (χ2v) is 8.53. The molecular weight excluding hydrogens is 348 g/mol. The molecule has 1 heterocycles. The summed E-state index contributed by atoms with van der Waals surface area (Å²) in [5.74, 6) is 0.0598. The Bertz CT molecular complexity index is 756. The minimum absolute atomic E-state index is 0.0598. The largest absolute Gasteiger partial charge is 0.338 e. The summed E-state index contributed by atoms with van der Waals surface area (Å²) < 4.78 is 26.1. The van der Waals surface area contributed by atoms with Gasteiger partial charge in [0.2, 0.25) is 10.0 Å². The molecule has 0 bridgehead atoms. The van der Waals surface area contributed by atoms with Gasteiger partial charge < -0.3 is 10.2 Å². The fourth-order valence-corrected chi connectivity index (χ4v) is 3.69. The molecule has 0 aliphatic carbocycles. The lowest BCUT2D eigenvalue weighted by atomic mass is 10.3. The minimum Gasteiger partial charge on any atom is -0.338 e. The summed E-state index contributed by atoms with van der Waals surface area (Å²) in [6, 6.07) is 7.66. The van der Waals surface area contributed by atoms with Crippen molar-refractivity contribution in [2.75, 3.05) is 25.9 Å². The van der Waals surface area contributed by atoms with Crippen LogP contribution in [0, 0.1) is 0 Å². The van der Waals surface area contributed by atoms with Crippen LogP contribution in [0.2, 0.25) is 0 Å². The highest BCUT2D eigenvalue weighted by Crippen LogP contribution is 2.22. The number of fused-ring (bicyclic) bond motifs is 1. The number of amides is 2. The first-order valence-electron chi connectivity index (χ1n) is 7.72. The standard InChI is InChI=1S/C15H22N4O3S2/c1-3-24(21,22)17-10-6-9-16-15(20)19(2)11-14-18-12-7-4-5-8-13(12)23-14/h4-5,7-8,17H,3,6,9-11H2,1-2H3,(H,16,20). The van der Waals surface area contributed by atoms with Crippen LogP contribution in [0.15, 0.2) is 24.3 Å². The quantitative estimate of drug-likeness (QED) is 0.693. The molecule has 0 saturated heterocycles. The SMILES string of the molecule is CCS(=O)(=O)NCCCNC(=O)N(C)Cc1nc2ccccc2s1. The fourth-order valence-electron chi connectivity index (χ4n) is 2.01. The van der Waals surface area contributed by atoms with Gasteiger partial charge in [0, 0.05) is 20.1 Å². The summed E-state index contributed by atoms with van der Waals surface area (Å²) in [7, 11) is -1.46. The molecule has 2 N–H and O–H groups in total. The van der Waals surface area contributed by atoms with E-state index in [1.807, 2.05) is 24.3 Å². The average molecular weight is 371 g/mol. The number of carbonyl (C=O) groups is 1. The monoisotopic (exact) mass is 370 g/mol. The third-order valence-electron chi connectivity index (χ3n) is 3.39. The number of sulfonamides is 1. The Labute approximate surface area is 146 Å². The highest BCUT2D eigenvalue weighted by atomic mass is 32.2. The topological polar surface area (TPSA) is 91.4 Å². The van der Waals surface area contributed by atoms with Crippen molar-refractivity contribution in [1.82, 2.24) is 19.9 Å². The van der Waals surface area contributed by atoms with E-state index in [9.17, 15) is 13.2 Å². The molecule has 2 amide bonds. The smallest absolute Gasteiger partial charge is 0.317 e. The predicted molar refractivity (Wildman–Crippen MR) is 96.6 cm³/mol. The van der Waals surface area contributed by atoms with Gasteiger partial charge in [-0.1, -0.05) is 12.1 Å². The van der Waals surface area contributed by atoms with Crippen molar-refractivity contribution < 1.29 is 13.2 Å². The Hall–Kier alpha value is -1.71. The maximum Gasteiger partial charge on any atom is 0.317 e. The van der Waals surface area contributed by atoms with Gasteiger partial charge in [-0.2, -0.15) is 0 Å². The number of hydrogen-bond donors (Lipinski definition) is 2. The third-order valence-corrected chi connectivity index (χ3v) is 5.81. The summed E-state index contributed by atoms with van der Waals surface area (Å²) >= 11 is 1.57. The number of benzene rings is 1. The molecule has 1 aromatic heterocycles. The normalized spacial score (nSPS) is 11.6. The van der Waals surface area contributed by atoms with Gasteiger partial charge in [0.25, 0.3) is 0 Å². The summed E-state index contributed by atoms with van der Waals surface area (Å²) in [5, 5.41) is 3.65. The Balaban J connectivity index is 1.74. The molecule has 2 rings (SSSR count). The first-order chi connectivity index (χ1) is 11.4. The number of nitrogens with zero attached hydrogens (tertiary/aromatic N) is 2. The van der Waals surface area contributed by atoms with Gasteiger partial charge in [0.05, 0.1) is 22.5 Å². The van der Waals surface area contributed by atoms with Gasteiger partial charge in [-0.25, -0.2) is 22.9 Å². The molecule has 0 saturated carbocycles. The maximum atomic E-state index is 12.0. The van der Waals surface area contributed by atoms with Crippen LogP contribution in [0.1, 0.15) is 18.4 Å². The highest BCUT2D eigenvalue weighted by Gasteiger charge is 2.12. The Morgan fingerprint density at radius 1 is 1.29 bits per heavy atom. The lowest BCUT2D eigenvalue weighted by Gasteiger charge is -2.16. The molecule has 0 aliphatic rings. The molecule has 0 unspecified atom stereocenters. The van der Waals surface area contributed by atoms with E-state index in [4.69, 9.17) is 0 Å². The van der Waals surface area contributed by atoms with Gasteiger partial charge >= 0.3 is 6.03 Å². The minimum atomic E-state index is -3.17. The summed E-state index contributed by atoms with van der Waals surface area (Å²) in [6.07, 6.45) is 0.542. The molecule has 1 aromatic carbocycles. The van der Waals surface area contributed by atoms with Crippen LogP contribution in [-0.2, 0) is 16.6 Å². The number of nitrogens with one attached hydrogen (secondary N) is 2. The predicted octanol–water partition coefficient (Wildman–Crippen LogP) is 1.77. The van der Waals surface area contributed by atoms with Gasteiger partial charge in [0.15, 0.2) is 0 Å². The highest BCUT2D eigenvalue weighted by molar-refractivity contribution is 7.89. The molecule has 24 heavy (non-hydrogen) atoms. The van der Waals surface area contributed by atoms with Crippen molar-refractivity contribution >= 4 is 37.6 Å². The number of rotatable bonds is 8. The van der Waals surface area contributed by atoms with E-state index < -0.39 is 10.0 Å². The van der Waals surface area contributed by atoms with Crippen molar-refractivity contribution in [2.45, 2.75) is 19.9 Å². The van der Waals surface area contributed by atoms with E-state index in [1.165, 1.54) is 0 Å². The maximum absolute atomic E-state index is 12.0. The van der Waals surface area contributed by atoms with Gasteiger partial charge in [0.1, 0.15) is 5.01 Å². The van der Waals surface area contributed by atoms with Crippen LogP contribution < -0.4 is 10.0 Å². The molecule has 0 radical (unpaired) electrons. The van der Waals surface area contributed by atoms with Gasteiger partial charge in [-0.15, -0.1) is 11.3 Å². The van der Waals surface area contributed by atoms with Crippen LogP contribution in [0.25, 0.3) is 10.2 Å². The van der Waals surface area contributed by atoms with E-state index in [-0.39, 0.29) is 11.8 Å². The second-order valence-electron chi connectivity index (χ2n) is 5.31. The first kappa shape index (κ1) is 18.6. The van der Waals surface area contributed by atoms with Crippen molar-refractivity contribution in [3.8, 4) is 0 Å². The van der Waals surface area contributed by atoms with E-state index in [2.05, 4.69) is 15.0 Å². The van der Waals surface area contributed by atoms with Gasteiger partial charge in [-0.3, -0.25) is 0 Å². The summed E-state index contributed by atoms with van der Waals surface area (Å²) in [6.45, 7) is 2.75. The zero-order valence-corrected chi connectivity index (χ0v) is 15.4. The fraction of sp³-hybridized carbons (Fsp3) is 0.467. The van der Waals surface area contributed by atoms with E-state index in [0.717, 1.165) is 15.2 Å². The molecule has 2 aromatic rings. The lowest BCUT2D eigenvalue weighted by molar-refractivity contribution is 0.207. The van der Waals surface area contributed by atoms with E-state index in [0.29, 0.717) is 26.1 Å². The molecule has 132 valence electrons. The van der Waals surface area contributed by atoms with Crippen LogP contribution in [0.4, 0.5) is 4.79 Å². The molecule has 9 heteroatoms. The van der Waals surface area contributed by atoms with Crippen LogP contribution in [0.5, 0.6) is 0 Å². The Morgan fingerprint density at radius 3 is 2.75 bits per heavy atom. The number of thiazole rings is 1. The number of carbonyl (C=O) groups excluding carboxylic acids is 1. The molecule has 0 aliphatic heterocycles. The Kier molecular flexibility index (Phi) is 6.52. The van der Waals surface area contributed by atoms with Crippen molar-refractivity contribution in [3.63, 3.8) is 0 Å². The zero-order chi connectivity index (χ0) is 17.6. The molecule has 0 spiro atoms. The van der Waals surface area contributed by atoms with Crippen LogP contribution >= 0.6 is 11.3 Å². The first-order valence-corrected chi connectivity index (χ1v) is 10.2. The van der Waals surface area contributed by atoms with E-state index >= 15 is 0 Å². The third kappa shape index (κ3) is 5.43. The second kappa shape index (κ2) is 8.41. The summed E-state index contributed by atoms with van der Waals surface area (Å²) in [5.41, 5.74) is 0.939. The van der Waals surface area contributed by atoms with Crippen LogP contribution in [0.3, 0.4) is 0 Å². The van der Waals surface area contributed by atoms with Gasteiger partial charge in [-0.05, 0) is 25.5 Å². The number of urea groups is 1. The van der Waals surface area contributed by atoms with E-state index in [1.54, 1.807) is 30.2 Å². The van der Waals surface area contributed by atoms with Crippen molar-refractivity contribution in [1.29, 1.82) is 0 Å². The molecular formula is C15H22N4O3S2. The summed E-state index contributed by atoms with van der Waals surface area (Å²) in [4.78, 5) is 18.1. The average Bonchev–Trinajstić information content (AvgIpc) is 2.96. The van der Waals surface area contributed by atoms with Crippen molar-refractivity contribution in [3.05, 3.63) is 29.3 Å². The molecule has 7 nitrogen and oxygen atoms in total. The Morgan fingerprint density at radius 2 is 2.04 bits per heavy atom. The molecule has 0 atom stereocenters. The lowest BCUT2D eigenvalue weighted by Crippen LogP contribution is -2.38. The zero-order valence-electron chi connectivity index (χ0n) is 13.8.